The molecular formula is C76H87N25O26S7. The molecule has 0 aliphatic rings. The predicted octanol–water partition coefficient (Wildman–Crippen LogP) is 14.2. The summed E-state index contributed by atoms with van der Waals surface area (Å²) < 4.78 is 218. The topological polar surface area (TPSA) is 829 Å². The number of nitrogens with two attached hydrogens (primary N) is 5. The smallest absolute Gasteiger partial charge is 0.388 e. The van der Waals surface area contributed by atoms with Crippen molar-refractivity contribution in [1.82, 2.24) is 0 Å². The van der Waals surface area contributed by atoms with Crippen LogP contribution in [-0.2, 0) is 75.0 Å². The van der Waals surface area contributed by atoms with Gasteiger partial charge in [-0.2, -0.15) is 65.8 Å². The minimum Gasteiger partial charge on any atom is -0.388 e. The molecule has 0 radical (unpaired) electrons. The third-order valence-electron chi connectivity index (χ3n) is 17.0. The van der Waals surface area contributed by atoms with E-state index >= 15 is 0 Å². The second kappa shape index (κ2) is 47.1. The third kappa shape index (κ3) is 34.3. The van der Waals surface area contributed by atoms with E-state index in [0.717, 1.165) is 29.2 Å². The van der Waals surface area contributed by atoms with Gasteiger partial charge in [0.05, 0.1) is 77.4 Å². The first-order chi connectivity index (χ1) is 62.4. The number of carbonyl (C=O) groups is 5. The lowest BCUT2D eigenvalue weighted by Gasteiger charge is -2.09. The predicted molar refractivity (Wildman–Crippen MR) is 497 cm³/mol. The minimum absolute atomic E-state index is 0.0316. The molecule has 0 unspecified atom stereocenters. The number of carbonyl (C=O) groups excluding carboxylic acids is 5. The van der Waals surface area contributed by atoms with Crippen LogP contribution >= 0.6 is 0 Å². The van der Waals surface area contributed by atoms with E-state index in [2.05, 4.69) is 108 Å². The van der Waals surface area contributed by atoms with Crippen LogP contribution < -0.4 is 81.8 Å². The summed E-state index contributed by atoms with van der Waals surface area (Å²) in [5.74, 6) is -0.932. The lowest BCUT2D eigenvalue weighted by Crippen LogP contribution is -2.19. The van der Waals surface area contributed by atoms with Crippen LogP contribution in [0.4, 0.5) is 138 Å². The summed E-state index contributed by atoms with van der Waals surface area (Å²) >= 11 is 0. The summed E-state index contributed by atoms with van der Waals surface area (Å²) in [7, 11) is -23.0. The van der Waals surface area contributed by atoms with Gasteiger partial charge in [-0.3, -0.25) is 27.3 Å². The van der Waals surface area contributed by atoms with Gasteiger partial charge in [0.15, 0.2) is 9.84 Å². The van der Waals surface area contributed by atoms with E-state index in [4.69, 9.17) is 46.9 Å². The van der Waals surface area contributed by atoms with Gasteiger partial charge in [0.25, 0.3) is 50.6 Å². The van der Waals surface area contributed by atoms with Crippen molar-refractivity contribution in [2.75, 3.05) is 101 Å². The average Bonchev–Trinajstić information content (AvgIpc) is 0.789. The number of nitrogens with one attached hydrogen (secondary N) is 10. The van der Waals surface area contributed by atoms with Gasteiger partial charge in [-0.15, -0.1) is 35.8 Å². The maximum absolute atomic E-state index is 12.4. The molecule has 58 heteroatoms. The molecule has 10 rings (SSSR count). The van der Waals surface area contributed by atoms with Gasteiger partial charge in [-0.25, -0.2) is 36.6 Å². The van der Waals surface area contributed by atoms with Crippen molar-refractivity contribution >= 4 is 215 Å². The van der Waals surface area contributed by atoms with Crippen LogP contribution in [0, 0.1) is 27.7 Å². The number of azo groups is 5. The number of primary amides is 5. The van der Waals surface area contributed by atoms with Gasteiger partial charge in [-0.05, 0) is 220 Å². The Morgan fingerprint density at radius 1 is 0.284 bits per heavy atom. The largest absolute Gasteiger partial charge is 0.397 e. The van der Waals surface area contributed by atoms with Crippen molar-refractivity contribution in [3.05, 3.63) is 204 Å². The number of benzene rings is 10. The van der Waals surface area contributed by atoms with E-state index in [1.807, 2.05) is 0 Å². The summed E-state index contributed by atoms with van der Waals surface area (Å²) in [4.78, 5) is 53.1. The maximum Gasteiger partial charge on any atom is 0.397 e. The fourth-order valence-electron chi connectivity index (χ4n) is 10.6. The van der Waals surface area contributed by atoms with Crippen molar-refractivity contribution in [1.29, 1.82) is 0 Å². The van der Waals surface area contributed by atoms with Gasteiger partial charge in [0.2, 0.25) is 0 Å². The maximum atomic E-state index is 12.4. The van der Waals surface area contributed by atoms with Gasteiger partial charge < -0.3 is 81.8 Å². The van der Waals surface area contributed by atoms with Crippen molar-refractivity contribution in [3.8, 4) is 0 Å². The van der Waals surface area contributed by atoms with E-state index in [1.165, 1.54) is 85.8 Å². The van der Waals surface area contributed by atoms with Crippen LogP contribution in [-0.4, -0.2) is 164 Å². The van der Waals surface area contributed by atoms with E-state index in [1.54, 1.807) is 141 Å². The molecule has 0 fully saturated rings. The first-order valence-corrected chi connectivity index (χ1v) is 47.4. The van der Waals surface area contributed by atoms with E-state index in [9.17, 15) is 92.0 Å². The summed E-state index contributed by atoms with van der Waals surface area (Å²) in [6, 6.07) is 39.3. The highest BCUT2D eigenvalue weighted by molar-refractivity contribution is 7.91. The fourth-order valence-corrected chi connectivity index (χ4v) is 15.3. The monoisotopic (exact) mass is 1990 g/mol. The van der Waals surface area contributed by atoms with Gasteiger partial charge >= 0.3 is 40.6 Å². The number of anilines is 10. The highest BCUT2D eigenvalue weighted by atomic mass is 32.3. The number of aryl methyl sites for hydroxylation is 4. The zero-order chi connectivity index (χ0) is 100. The number of hydrogen-bond acceptors (Lipinski definition) is 35. The van der Waals surface area contributed by atoms with Crippen LogP contribution in [0.2, 0.25) is 0 Å². The lowest BCUT2D eigenvalue weighted by atomic mass is 10.2. The highest BCUT2D eigenvalue weighted by Crippen LogP contribution is 2.39. The molecule has 714 valence electrons. The molecule has 0 atom stereocenters. The Bertz CT molecular complexity index is 7140. The molecule has 0 aliphatic carbocycles. The number of urea groups is 5. The number of nitrogens with zero attached hydrogens (tertiary/aromatic N) is 10. The van der Waals surface area contributed by atoms with Gasteiger partial charge in [0, 0.05) is 63.7 Å². The number of rotatable bonds is 30. The molecule has 10 aromatic carbocycles. The number of amides is 10. The molecule has 10 aromatic rings. The Labute approximate surface area is 766 Å². The SMILES string of the molecule is CNc1ccc(N=Nc2cc(S(=O)(=O)O)ccc2C)c(NC(N)=O)c1.CNc1ccc(N=Nc2ccc(C)cc2S(=O)(=O)O)c(NC(N)=O)c1.CNc1ccc(N=Nc2ccc(S(=O)(=O)CCOS(=O)(=O)O)cc2S(=O)(=O)O)c(NC(N)=O)c1.CNc1ccc(N=Nc2ccc(S(=O)(=O)O)c(C)c2)c(NC(N)=O)c1.CNc1ccc(N=Nc2ccc(S(=O)(=O)O)cc2C)c(NC(N)=O)c1. The Morgan fingerprint density at radius 3 is 0.910 bits per heavy atom. The zero-order valence-electron chi connectivity index (χ0n) is 71.3. The summed E-state index contributed by atoms with van der Waals surface area (Å²) in [5.41, 5.74) is 34.8. The highest BCUT2D eigenvalue weighted by Gasteiger charge is 2.25. The molecule has 0 spiro atoms. The van der Waals surface area contributed by atoms with Gasteiger partial charge in [0.1, 0.15) is 49.6 Å². The Balaban J connectivity index is 0.000000259. The van der Waals surface area contributed by atoms with E-state index in [-0.39, 0.29) is 48.0 Å². The number of sulfone groups is 1. The quantitative estimate of drug-likeness (QED) is 0.0147. The number of hydrogen-bond donors (Lipinski definition) is 21. The standard InChI is InChI=1S/C16H19N5O10S3.4C15H17N5O4S/c1-18-10-2-4-12(14(8-10)19-16(17)22)20-21-13-5-3-11(9-15(13)33(25,26)27)32(23,24)7-6-31-34(28,29)30;1-9-7-11(25(22,23)24)4-6-12(9)19-20-13-5-3-10(17-2)8-14(13)18-15(16)21;1-9-7-11(4-6-14(9)25(22,23)24)19-20-12-5-3-10(17-2)8-13(12)18-15(16)21;1-9-3-5-11(25(22,23)24)8-13(9)20-19-12-6-4-10(17-2)7-14(12)18-15(16)21;1-9-3-5-12(14(7-9)25(22,23)24)20-19-11-6-4-10(17-2)8-13(11)18-15(16)21/h2-5,8-9,18H,6-7H2,1H3,(H3,17,19,22)(H,25,26,27)(H,28,29,30);4*3-8,17H,1-2H3,(H3,16,18,21)(H,22,23,24). The van der Waals surface area contributed by atoms with E-state index in [0.29, 0.717) is 90.9 Å². The second-order valence-electron chi connectivity index (χ2n) is 26.7. The van der Waals surface area contributed by atoms with Crippen LogP contribution in [0.1, 0.15) is 22.3 Å². The normalized spacial score (nSPS) is 11.8. The Morgan fingerprint density at radius 2 is 0.582 bits per heavy atom. The van der Waals surface area contributed by atoms with E-state index < -0.39 is 129 Å². The average molecular weight is 1990 g/mol. The van der Waals surface area contributed by atoms with Crippen molar-refractivity contribution in [3.63, 3.8) is 0 Å². The molecule has 0 saturated carbocycles. The summed E-state index contributed by atoms with van der Waals surface area (Å²) in [6.07, 6.45) is 0. The summed E-state index contributed by atoms with van der Waals surface area (Å²) in [6.45, 7) is 5.62. The molecule has 51 nitrogen and oxygen atoms in total. The van der Waals surface area contributed by atoms with Gasteiger partial charge in [-0.1, -0.05) is 12.1 Å². The Kier molecular flexibility index (Phi) is 37.9. The molecule has 0 aliphatic heterocycles. The van der Waals surface area contributed by atoms with Crippen molar-refractivity contribution in [2.24, 2.45) is 79.8 Å². The third-order valence-corrected chi connectivity index (χ3v) is 23.6. The molecule has 0 aromatic heterocycles. The first-order valence-electron chi connectivity index (χ1n) is 37.2. The van der Waals surface area contributed by atoms with Crippen molar-refractivity contribution in [2.45, 2.75) is 57.1 Å². The fraction of sp³-hybridized carbons (Fsp3) is 0.145. The molecular weight excluding hydrogens is 1900 g/mol. The Hall–Kier alpha value is -15.1. The summed E-state index contributed by atoms with van der Waals surface area (Å²) in [5, 5.41) is 66.2. The molecule has 0 bridgehead atoms. The molecule has 0 saturated heterocycles. The van der Waals surface area contributed by atoms with Crippen LogP contribution in [0.3, 0.4) is 0 Å². The molecule has 26 N–H and O–H groups in total. The first kappa shape index (κ1) is 108. The second-order valence-corrected chi connectivity index (χ2v) is 37.0. The van der Waals surface area contributed by atoms with Crippen LogP contribution in [0.25, 0.3) is 0 Å². The molecule has 134 heavy (non-hydrogen) atoms. The zero-order valence-corrected chi connectivity index (χ0v) is 77.0. The minimum atomic E-state index is -4.99. The molecule has 0 heterocycles. The lowest BCUT2D eigenvalue weighted by molar-refractivity contribution is 0.258. The van der Waals surface area contributed by atoms with Crippen LogP contribution in [0.15, 0.2) is 263 Å². The molecule has 10 amide bonds. The van der Waals surface area contributed by atoms with Crippen molar-refractivity contribution < 1.29 is 114 Å². The van der Waals surface area contributed by atoms with Crippen LogP contribution in [0.5, 0.6) is 0 Å².